The number of nitrogens with zero attached hydrogens (tertiary/aromatic N) is 4. The van der Waals surface area contributed by atoms with Crippen LogP contribution in [0.25, 0.3) is 11.0 Å². The lowest BCUT2D eigenvalue weighted by Gasteiger charge is -2.08. The van der Waals surface area contributed by atoms with E-state index in [0.29, 0.717) is 0 Å². The molecule has 3 aromatic rings. The van der Waals surface area contributed by atoms with Gasteiger partial charge in [0.2, 0.25) is 0 Å². The van der Waals surface area contributed by atoms with Gasteiger partial charge in [0, 0.05) is 25.9 Å². The van der Waals surface area contributed by atoms with Crippen LogP contribution < -0.4 is 0 Å². The van der Waals surface area contributed by atoms with Gasteiger partial charge in [0.1, 0.15) is 11.6 Å². The molecule has 3 rings (SSSR count). The molecule has 1 aromatic carbocycles. The highest BCUT2D eigenvalue weighted by molar-refractivity contribution is 5.75. The SMILES string of the molecule is CCc1nc2ccccc2n1Cc1nccn1C. The molecule has 0 bridgehead atoms. The third-order valence-corrected chi connectivity index (χ3v) is 3.27. The highest BCUT2D eigenvalue weighted by Crippen LogP contribution is 2.17. The fourth-order valence-electron chi connectivity index (χ4n) is 2.26. The van der Waals surface area contributed by atoms with E-state index in [9.17, 15) is 0 Å². The molecule has 4 nitrogen and oxygen atoms in total. The Kier molecular flexibility index (Phi) is 2.63. The van der Waals surface area contributed by atoms with Crippen molar-refractivity contribution in [3.63, 3.8) is 0 Å². The average Bonchev–Trinajstić information content (AvgIpc) is 2.95. The minimum atomic E-state index is 0.771. The fourth-order valence-corrected chi connectivity index (χ4v) is 2.26. The lowest BCUT2D eigenvalue weighted by Crippen LogP contribution is -2.08. The molecule has 0 aliphatic carbocycles. The molecule has 0 N–H and O–H groups in total. The van der Waals surface area contributed by atoms with Crippen LogP contribution in [0.2, 0.25) is 0 Å². The number of benzene rings is 1. The standard InChI is InChI=1S/C14H16N4/c1-3-13-16-11-6-4-5-7-12(11)18(13)10-14-15-8-9-17(14)2/h4-9H,3,10H2,1-2H3. The number of imidazole rings is 2. The second-order valence-corrected chi connectivity index (χ2v) is 4.41. The number of aromatic nitrogens is 4. The van der Waals surface area contributed by atoms with Gasteiger partial charge in [0.15, 0.2) is 0 Å². The first kappa shape index (κ1) is 11.0. The minimum absolute atomic E-state index is 0.771. The van der Waals surface area contributed by atoms with Crippen LogP contribution in [0.5, 0.6) is 0 Å². The zero-order chi connectivity index (χ0) is 12.5. The maximum atomic E-state index is 4.67. The van der Waals surface area contributed by atoms with Crippen LogP contribution in [0.4, 0.5) is 0 Å². The Morgan fingerprint density at radius 2 is 2.00 bits per heavy atom. The first-order valence-corrected chi connectivity index (χ1v) is 6.20. The normalized spacial score (nSPS) is 11.2. The number of hydrogen-bond acceptors (Lipinski definition) is 2. The number of aryl methyl sites for hydroxylation is 2. The molecule has 0 aliphatic heterocycles. The fraction of sp³-hybridized carbons (Fsp3) is 0.286. The van der Waals surface area contributed by atoms with E-state index in [2.05, 4.69) is 39.7 Å². The van der Waals surface area contributed by atoms with Crippen molar-refractivity contribution in [2.24, 2.45) is 7.05 Å². The number of rotatable bonds is 3. The Balaban J connectivity index is 2.12. The molecule has 92 valence electrons. The Bertz CT molecular complexity index is 678. The van der Waals surface area contributed by atoms with Crippen molar-refractivity contribution in [1.29, 1.82) is 0 Å². The zero-order valence-electron chi connectivity index (χ0n) is 10.7. The molecule has 0 radical (unpaired) electrons. The highest BCUT2D eigenvalue weighted by atomic mass is 15.1. The predicted molar refractivity (Wildman–Crippen MR) is 71.4 cm³/mol. The summed E-state index contributed by atoms with van der Waals surface area (Å²) in [5, 5.41) is 0. The summed E-state index contributed by atoms with van der Waals surface area (Å²) in [6, 6.07) is 8.26. The number of hydrogen-bond donors (Lipinski definition) is 0. The number of fused-ring (bicyclic) bond motifs is 1. The van der Waals surface area contributed by atoms with Gasteiger partial charge in [-0.3, -0.25) is 0 Å². The van der Waals surface area contributed by atoms with Crippen LogP contribution in [-0.4, -0.2) is 19.1 Å². The summed E-state index contributed by atoms with van der Waals surface area (Å²) in [4.78, 5) is 9.05. The lowest BCUT2D eigenvalue weighted by molar-refractivity contribution is 0.682. The second kappa shape index (κ2) is 4.29. The molecular weight excluding hydrogens is 224 g/mol. The van der Waals surface area contributed by atoms with E-state index < -0.39 is 0 Å². The van der Waals surface area contributed by atoms with Crippen LogP contribution in [0.1, 0.15) is 18.6 Å². The quantitative estimate of drug-likeness (QED) is 0.704. The van der Waals surface area contributed by atoms with Gasteiger partial charge in [-0.15, -0.1) is 0 Å². The summed E-state index contributed by atoms with van der Waals surface area (Å²) in [5.74, 6) is 2.16. The van der Waals surface area contributed by atoms with Crippen LogP contribution >= 0.6 is 0 Å². The van der Waals surface area contributed by atoms with Crippen LogP contribution in [0.15, 0.2) is 36.7 Å². The summed E-state index contributed by atoms with van der Waals surface area (Å²) in [6.45, 7) is 2.91. The van der Waals surface area contributed by atoms with Crippen molar-refractivity contribution >= 4 is 11.0 Å². The van der Waals surface area contributed by atoms with Crippen LogP contribution in [-0.2, 0) is 20.0 Å². The van der Waals surface area contributed by atoms with Crippen molar-refractivity contribution in [3.8, 4) is 0 Å². The maximum absolute atomic E-state index is 4.67. The largest absolute Gasteiger partial charge is 0.337 e. The molecule has 0 unspecified atom stereocenters. The number of para-hydroxylation sites is 2. The van der Waals surface area contributed by atoms with Crippen molar-refractivity contribution in [2.75, 3.05) is 0 Å². The van der Waals surface area contributed by atoms with Gasteiger partial charge in [-0.2, -0.15) is 0 Å². The zero-order valence-corrected chi connectivity index (χ0v) is 10.7. The Labute approximate surface area is 106 Å². The lowest BCUT2D eigenvalue weighted by atomic mass is 10.3. The van der Waals surface area contributed by atoms with E-state index in [0.717, 1.165) is 30.1 Å². The van der Waals surface area contributed by atoms with Gasteiger partial charge in [-0.05, 0) is 12.1 Å². The van der Waals surface area contributed by atoms with E-state index >= 15 is 0 Å². The maximum Gasteiger partial charge on any atom is 0.128 e. The van der Waals surface area contributed by atoms with Gasteiger partial charge < -0.3 is 9.13 Å². The topological polar surface area (TPSA) is 35.6 Å². The van der Waals surface area contributed by atoms with E-state index in [1.807, 2.05) is 30.1 Å². The molecule has 0 aliphatic rings. The van der Waals surface area contributed by atoms with Crippen molar-refractivity contribution in [2.45, 2.75) is 19.9 Å². The smallest absolute Gasteiger partial charge is 0.128 e. The van der Waals surface area contributed by atoms with Gasteiger partial charge in [0.05, 0.1) is 17.6 Å². The summed E-state index contributed by atoms with van der Waals surface area (Å²) in [5.41, 5.74) is 2.24. The third-order valence-electron chi connectivity index (χ3n) is 3.27. The van der Waals surface area contributed by atoms with Gasteiger partial charge in [-0.1, -0.05) is 19.1 Å². The first-order valence-electron chi connectivity index (χ1n) is 6.20. The first-order chi connectivity index (χ1) is 8.79. The summed E-state index contributed by atoms with van der Waals surface area (Å²) >= 11 is 0. The Hall–Kier alpha value is -2.10. The summed E-state index contributed by atoms with van der Waals surface area (Å²) < 4.78 is 4.30. The van der Waals surface area contributed by atoms with Crippen molar-refractivity contribution in [1.82, 2.24) is 19.1 Å². The van der Waals surface area contributed by atoms with Gasteiger partial charge in [0.25, 0.3) is 0 Å². The van der Waals surface area contributed by atoms with E-state index in [4.69, 9.17) is 0 Å². The third kappa shape index (κ3) is 1.70. The summed E-state index contributed by atoms with van der Waals surface area (Å²) in [7, 11) is 2.02. The molecular formula is C14H16N4. The molecule has 0 fully saturated rings. The minimum Gasteiger partial charge on any atom is -0.337 e. The molecule has 4 heteroatoms. The average molecular weight is 240 g/mol. The Morgan fingerprint density at radius 1 is 1.17 bits per heavy atom. The Morgan fingerprint density at radius 3 is 2.72 bits per heavy atom. The molecule has 18 heavy (non-hydrogen) atoms. The summed E-state index contributed by atoms with van der Waals surface area (Å²) in [6.07, 6.45) is 4.74. The molecule has 0 atom stereocenters. The molecule has 0 saturated carbocycles. The van der Waals surface area contributed by atoms with Gasteiger partial charge >= 0.3 is 0 Å². The van der Waals surface area contributed by atoms with Crippen molar-refractivity contribution < 1.29 is 0 Å². The molecule has 0 amide bonds. The van der Waals surface area contributed by atoms with E-state index in [-0.39, 0.29) is 0 Å². The van der Waals surface area contributed by atoms with Crippen LogP contribution in [0, 0.1) is 0 Å². The van der Waals surface area contributed by atoms with E-state index in [1.165, 1.54) is 5.52 Å². The monoisotopic (exact) mass is 240 g/mol. The van der Waals surface area contributed by atoms with Crippen LogP contribution in [0.3, 0.4) is 0 Å². The van der Waals surface area contributed by atoms with Gasteiger partial charge in [-0.25, -0.2) is 9.97 Å². The molecule has 0 saturated heterocycles. The van der Waals surface area contributed by atoms with Crippen molar-refractivity contribution in [3.05, 3.63) is 48.3 Å². The highest BCUT2D eigenvalue weighted by Gasteiger charge is 2.10. The second-order valence-electron chi connectivity index (χ2n) is 4.41. The molecule has 2 heterocycles. The molecule has 2 aromatic heterocycles. The predicted octanol–water partition coefficient (Wildman–Crippen LogP) is 2.38. The molecule has 0 spiro atoms. The van der Waals surface area contributed by atoms with E-state index in [1.54, 1.807) is 0 Å².